The van der Waals surface area contributed by atoms with Crippen LogP contribution in [0.15, 0.2) is 36.5 Å². The quantitative estimate of drug-likeness (QED) is 0.774. The van der Waals surface area contributed by atoms with Crippen molar-refractivity contribution in [3.05, 3.63) is 54.2 Å². The lowest BCUT2D eigenvalue weighted by Crippen LogP contribution is -2.06. The number of benzene rings is 1. The first-order valence-corrected chi connectivity index (χ1v) is 8.26. The maximum absolute atomic E-state index is 6.33. The zero-order chi connectivity index (χ0) is 15.8. The Morgan fingerprint density at radius 2 is 1.83 bits per heavy atom. The highest BCUT2D eigenvalue weighted by molar-refractivity contribution is 5.77. The summed E-state index contributed by atoms with van der Waals surface area (Å²) in [6.07, 6.45) is 9.13. The van der Waals surface area contributed by atoms with Gasteiger partial charge in [0.15, 0.2) is 5.65 Å². The first-order valence-electron chi connectivity index (χ1n) is 8.26. The van der Waals surface area contributed by atoms with Gasteiger partial charge in [0.2, 0.25) is 0 Å². The van der Waals surface area contributed by atoms with Gasteiger partial charge in [0.25, 0.3) is 0 Å². The molecule has 0 unspecified atom stereocenters. The summed E-state index contributed by atoms with van der Waals surface area (Å²) in [6.45, 7) is 2.00. The van der Waals surface area contributed by atoms with Crippen LogP contribution in [0.2, 0.25) is 0 Å². The predicted molar refractivity (Wildman–Crippen MR) is 93.1 cm³/mol. The van der Waals surface area contributed by atoms with E-state index in [0.717, 1.165) is 22.5 Å². The van der Waals surface area contributed by atoms with E-state index in [-0.39, 0.29) is 0 Å². The highest BCUT2D eigenvalue weighted by Crippen LogP contribution is 2.34. The molecule has 1 aromatic carbocycles. The van der Waals surface area contributed by atoms with E-state index in [0.29, 0.717) is 11.7 Å². The summed E-state index contributed by atoms with van der Waals surface area (Å²) in [5.74, 6) is 1.34. The summed E-state index contributed by atoms with van der Waals surface area (Å²) in [7, 11) is 0. The van der Waals surface area contributed by atoms with Crippen molar-refractivity contribution in [3.8, 4) is 11.1 Å². The van der Waals surface area contributed by atoms with Gasteiger partial charge in [-0.25, -0.2) is 4.98 Å². The SMILES string of the molecule is Cc1nc2ccnn2c(N)c1-c1ccc(C2CC[CH]CC2)cc1. The molecule has 1 saturated carbocycles. The molecule has 0 aliphatic heterocycles. The van der Waals surface area contributed by atoms with Crippen molar-refractivity contribution in [1.82, 2.24) is 14.6 Å². The van der Waals surface area contributed by atoms with Crippen LogP contribution in [-0.2, 0) is 0 Å². The van der Waals surface area contributed by atoms with Gasteiger partial charge in [-0.2, -0.15) is 9.61 Å². The monoisotopic (exact) mass is 305 g/mol. The van der Waals surface area contributed by atoms with Crippen molar-refractivity contribution in [1.29, 1.82) is 0 Å². The Hall–Kier alpha value is -2.36. The zero-order valence-electron chi connectivity index (χ0n) is 13.4. The fourth-order valence-corrected chi connectivity index (χ4v) is 3.62. The second-order valence-corrected chi connectivity index (χ2v) is 6.32. The number of hydrogen-bond donors (Lipinski definition) is 1. The number of nitrogens with two attached hydrogens (primary N) is 1. The second kappa shape index (κ2) is 5.69. The minimum Gasteiger partial charge on any atom is -0.383 e. The smallest absolute Gasteiger partial charge is 0.157 e. The number of aromatic nitrogens is 3. The van der Waals surface area contributed by atoms with E-state index in [1.807, 2.05) is 13.0 Å². The lowest BCUT2D eigenvalue weighted by molar-refractivity contribution is 0.512. The molecule has 0 saturated heterocycles. The third kappa shape index (κ3) is 2.48. The summed E-state index contributed by atoms with van der Waals surface area (Å²) < 4.78 is 1.70. The summed E-state index contributed by atoms with van der Waals surface area (Å²) in [5.41, 5.74) is 11.6. The first kappa shape index (κ1) is 14.2. The standard InChI is InChI=1S/C19H21N4/c1-13-18(19(20)23-17(22-13)11-12-21-23)16-9-7-15(8-10-16)14-5-3-2-4-6-14/h2,7-12,14H,3-6,20H2,1H3. The van der Waals surface area contributed by atoms with Gasteiger partial charge in [-0.05, 0) is 56.1 Å². The van der Waals surface area contributed by atoms with Crippen LogP contribution < -0.4 is 5.73 Å². The van der Waals surface area contributed by atoms with Gasteiger partial charge in [-0.15, -0.1) is 0 Å². The fourth-order valence-electron chi connectivity index (χ4n) is 3.62. The molecule has 1 aliphatic rings. The minimum atomic E-state index is 0.650. The molecule has 4 rings (SSSR count). The van der Waals surface area contributed by atoms with E-state index in [1.54, 1.807) is 10.7 Å². The molecule has 0 spiro atoms. The fraction of sp³-hybridized carbons (Fsp3) is 0.316. The molecule has 4 nitrogen and oxygen atoms in total. The summed E-state index contributed by atoms with van der Waals surface area (Å²) in [4.78, 5) is 4.60. The Bertz CT molecular complexity index is 826. The number of fused-ring (bicyclic) bond motifs is 1. The number of rotatable bonds is 2. The van der Waals surface area contributed by atoms with Crippen LogP contribution in [-0.4, -0.2) is 14.6 Å². The van der Waals surface area contributed by atoms with Crippen LogP contribution in [0.4, 0.5) is 5.82 Å². The van der Waals surface area contributed by atoms with Gasteiger partial charge in [0, 0.05) is 11.6 Å². The predicted octanol–water partition coefficient (Wildman–Crippen LogP) is 4.15. The molecule has 2 heterocycles. The van der Waals surface area contributed by atoms with Crippen molar-refractivity contribution >= 4 is 11.5 Å². The molecule has 0 atom stereocenters. The molecule has 2 aromatic heterocycles. The molecular formula is C19H21N4. The van der Waals surface area contributed by atoms with Gasteiger partial charge in [0.05, 0.1) is 11.9 Å². The molecule has 4 heteroatoms. The molecule has 23 heavy (non-hydrogen) atoms. The third-order valence-corrected chi connectivity index (χ3v) is 4.86. The summed E-state index contributed by atoms with van der Waals surface area (Å²) in [6, 6.07) is 10.7. The molecule has 0 bridgehead atoms. The summed E-state index contributed by atoms with van der Waals surface area (Å²) in [5, 5.41) is 4.26. The minimum absolute atomic E-state index is 0.650. The molecule has 3 aromatic rings. The van der Waals surface area contributed by atoms with Crippen molar-refractivity contribution in [2.75, 3.05) is 5.73 Å². The van der Waals surface area contributed by atoms with Gasteiger partial charge in [-0.1, -0.05) is 24.3 Å². The first-order chi connectivity index (χ1) is 11.2. The molecule has 2 N–H and O–H groups in total. The molecule has 0 amide bonds. The van der Waals surface area contributed by atoms with Crippen molar-refractivity contribution in [2.45, 2.75) is 38.5 Å². The molecule has 1 aliphatic carbocycles. The number of nitrogens with zero attached hydrogens (tertiary/aromatic N) is 3. The lowest BCUT2D eigenvalue weighted by atomic mass is 9.83. The van der Waals surface area contributed by atoms with E-state index >= 15 is 0 Å². The van der Waals surface area contributed by atoms with Gasteiger partial charge in [0.1, 0.15) is 5.82 Å². The Morgan fingerprint density at radius 3 is 2.57 bits per heavy atom. The van der Waals surface area contributed by atoms with Gasteiger partial charge in [-0.3, -0.25) is 0 Å². The normalized spacial score (nSPS) is 16.0. The van der Waals surface area contributed by atoms with Crippen LogP contribution >= 0.6 is 0 Å². The third-order valence-electron chi connectivity index (χ3n) is 4.86. The molecule has 1 fully saturated rings. The topological polar surface area (TPSA) is 56.2 Å². The van der Waals surface area contributed by atoms with E-state index in [9.17, 15) is 0 Å². The molecular weight excluding hydrogens is 284 g/mol. The second-order valence-electron chi connectivity index (χ2n) is 6.32. The maximum Gasteiger partial charge on any atom is 0.157 e. The lowest BCUT2D eigenvalue weighted by Gasteiger charge is -2.22. The zero-order valence-corrected chi connectivity index (χ0v) is 13.4. The van der Waals surface area contributed by atoms with Crippen molar-refractivity contribution in [3.63, 3.8) is 0 Å². The van der Waals surface area contributed by atoms with Gasteiger partial charge < -0.3 is 5.73 Å². The van der Waals surface area contributed by atoms with Crippen LogP contribution in [0.25, 0.3) is 16.8 Å². The van der Waals surface area contributed by atoms with Crippen molar-refractivity contribution in [2.24, 2.45) is 0 Å². The van der Waals surface area contributed by atoms with Crippen LogP contribution in [0.1, 0.15) is 42.9 Å². The van der Waals surface area contributed by atoms with Crippen LogP contribution in [0.3, 0.4) is 0 Å². The highest BCUT2D eigenvalue weighted by atomic mass is 15.3. The Balaban J connectivity index is 1.73. The molecule has 1 radical (unpaired) electrons. The maximum atomic E-state index is 6.33. The Labute approximate surface area is 136 Å². The van der Waals surface area contributed by atoms with Crippen LogP contribution in [0.5, 0.6) is 0 Å². The highest BCUT2D eigenvalue weighted by Gasteiger charge is 2.17. The Kier molecular flexibility index (Phi) is 3.52. The molecule has 117 valence electrons. The largest absolute Gasteiger partial charge is 0.383 e. The van der Waals surface area contributed by atoms with Crippen molar-refractivity contribution < 1.29 is 0 Å². The Morgan fingerprint density at radius 1 is 1.09 bits per heavy atom. The van der Waals surface area contributed by atoms with E-state index in [4.69, 9.17) is 5.73 Å². The number of hydrogen-bond acceptors (Lipinski definition) is 3. The van der Waals surface area contributed by atoms with E-state index < -0.39 is 0 Å². The van der Waals surface area contributed by atoms with Gasteiger partial charge >= 0.3 is 0 Å². The summed E-state index contributed by atoms with van der Waals surface area (Å²) >= 11 is 0. The van der Waals surface area contributed by atoms with E-state index in [2.05, 4.69) is 40.8 Å². The number of aryl methyl sites for hydroxylation is 1. The number of anilines is 1. The number of nitrogen functional groups attached to an aromatic ring is 1. The average molecular weight is 305 g/mol. The van der Waals surface area contributed by atoms with E-state index in [1.165, 1.54) is 31.2 Å². The average Bonchev–Trinajstić information content (AvgIpc) is 3.05. The van der Waals surface area contributed by atoms with Crippen LogP contribution in [0, 0.1) is 13.3 Å².